The molecule has 26 heavy (non-hydrogen) atoms. The Morgan fingerprint density at radius 3 is 1.19 bits per heavy atom. The first-order valence-electron chi connectivity index (χ1n) is 9.97. The molecule has 2 fully saturated rings. The van der Waals surface area contributed by atoms with Crippen LogP contribution >= 0.6 is 0 Å². The molecule has 6 nitrogen and oxygen atoms in total. The number of benzene rings is 1. The van der Waals surface area contributed by atoms with Crippen molar-refractivity contribution in [1.82, 2.24) is 19.6 Å². The van der Waals surface area contributed by atoms with Crippen LogP contribution in [-0.4, -0.2) is 83.9 Å². The fraction of sp³-hybridized carbons (Fsp3) is 0.600. The quantitative estimate of drug-likeness (QED) is 0.785. The first-order valence-corrected chi connectivity index (χ1v) is 9.97. The van der Waals surface area contributed by atoms with Crippen LogP contribution in [0.25, 0.3) is 0 Å². The fourth-order valence-corrected chi connectivity index (χ4v) is 3.63. The maximum absolute atomic E-state index is 5.03. The van der Waals surface area contributed by atoms with Crippen molar-refractivity contribution in [2.24, 2.45) is 9.98 Å². The van der Waals surface area contributed by atoms with Gasteiger partial charge in [0, 0.05) is 52.4 Å². The zero-order chi connectivity index (χ0) is 18.5. The average Bonchev–Trinajstić information content (AvgIpc) is 3.26. The van der Waals surface area contributed by atoms with Crippen molar-refractivity contribution < 1.29 is 0 Å². The van der Waals surface area contributed by atoms with Crippen molar-refractivity contribution in [3.8, 4) is 0 Å². The molecule has 0 atom stereocenters. The highest BCUT2D eigenvalue weighted by Crippen LogP contribution is 2.30. The van der Waals surface area contributed by atoms with Crippen molar-refractivity contribution in [2.75, 3.05) is 52.4 Å². The van der Waals surface area contributed by atoms with Gasteiger partial charge in [-0.1, -0.05) is 12.1 Å². The lowest BCUT2D eigenvalue weighted by Crippen LogP contribution is -2.33. The van der Waals surface area contributed by atoms with E-state index in [4.69, 9.17) is 9.98 Å². The SMILES string of the molecule is CCN1CCN(CC)C1=Nc1ccccc1N=C1N(CC)CCN1CC. The second-order valence-corrected chi connectivity index (χ2v) is 6.63. The first-order chi connectivity index (χ1) is 12.7. The highest BCUT2D eigenvalue weighted by Gasteiger charge is 2.26. The highest BCUT2D eigenvalue weighted by atomic mass is 15.4. The molecule has 0 spiro atoms. The van der Waals surface area contributed by atoms with Gasteiger partial charge < -0.3 is 19.6 Å². The van der Waals surface area contributed by atoms with Crippen molar-refractivity contribution >= 4 is 23.3 Å². The predicted molar refractivity (Wildman–Crippen MR) is 110 cm³/mol. The number of guanidine groups is 2. The van der Waals surface area contributed by atoms with Gasteiger partial charge in [0.05, 0.1) is 11.4 Å². The lowest BCUT2D eigenvalue weighted by atomic mass is 10.3. The van der Waals surface area contributed by atoms with Crippen LogP contribution in [0.5, 0.6) is 0 Å². The van der Waals surface area contributed by atoms with Gasteiger partial charge in [-0.2, -0.15) is 0 Å². The topological polar surface area (TPSA) is 37.7 Å². The molecule has 1 aromatic carbocycles. The third kappa shape index (κ3) is 3.64. The van der Waals surface area contributed by atoms with Crippen LogP contribution in [0.2, 0.25) is 0 Å². The molecule has 0 amide bonds. The molecular weight excluding hydrogens is 324 g/mol. The van der Waals surface area contributed by atoms with E-state index in [2.05, 4.69) is 71.6 Å². The molecule has 2 aliphatic rings. The summed E-state index contributed by atoms with van der Waals surface area (Å²) in [5, 5.41) is 0. The van der Waals surface area contributed by atoms with Crippen LogP contribution in [0.4, 0.5) is 11.4 Å². The van der Waals surface area contributed by atoms with E-state index in [0.717, 1.165) is 75.7 Å². The summed E-state index contributed by atoms with van der Waals surface area (Å²) in [4.78, 5) is 19.4. The summed E-state index contributed by atoms with van der Waals surface area (Å²) in [7, 11) is 0. The molecule has 0 aromatic heterocycles. The van der Waals surface area contributed by atoms with Gasteiger partial charge in [0.25, 0.3) is 0 Å². The van der Waals surface area contributed by atoms with E-state index in [1.807, 2.05) is 0 Å². The lowest BCUT2D eigenvalue weighted by molar-refractivity contribution is 0.486. The molecule has 2 heterocycles. The molecule has 2 aliphatic heterocycles. The minimum Gasteiger partial charge on any atom is -0.341 e. The number of likely N-dealkylation sites (N-methyl/N-ethyl adjacent to an activating group) is 4. The molecule has 0 N–H and O–H groups in total. The van der Waals surface area contributed by atoms with E-state index in [-0.39, 0.29) is 0 Å². The monoisotopic (exact) mass is 356 g/mol. The zero-order valence-electron chi connectivity index (χ0n) is 16.6. The summed E-state index contributed by atoms with van der Waals surface area (Å²) in [6, 6.07) is 8.25. The van der Waals surface area contributed by atoms with E-state index in [1.165, 1.54) is 0 Å². The predicted octanol–water partition coefficient (Wildman–Crippen LogP) is 2.98. The third-order valence-corrected chi connectivity index (χ3v) is 5.26. The molecule has 142 valence electrons. The smallest absolute Gasteiger partial charge is 0.202 e. The zero-order valence-corrected chi connectivity index (χ0v) is 16.6. The Kier molecular flexibility index (Phi) is 6.01. The van der Waals surface area contributed by atoms with Crippen molar-refractivity contribution in [3.63, 3.8) is 0 Å². The fourth-order valence-electron chi connectivity index (χ4n) is 3.63. The average molecular weight is 357 g/mol. The Balaban J connectivity index is 1.98. The Bertz CT molecular complexity index is 583. The van der Waals surface area contributed by atoms with Gasteiger partial charge in [-0.3, -0.25) is 0 Å². The summed E-state index contributed by atoms with van der Waals surface area (Å²) < 4.78 is 0. The number of hydrogen-bond donors (Lipinski definition) is 0. The standard InChI is InChI=1S/C20H32N6/c1-5-23-13-14-24(6-2)19(23)21-17-11-9-10-12-18(17)22-20-25(7-3)15-16-26(20)8-4/h9-12H,5-8,13-16H2,1-4H3. The Morgan fingerprint density at radius 1 is 0.615 bits per heavy atom. The Morgan fingerprint density at radius 2 is 0.923 bits per heavy atom. The minimum absolute atomic E-state index is 0.952. The molecule has 2 saturated heterocycles. The number of nitrogens with zero attached hydrogens (tertiary/aromatic N) is 6. The Labute approximate surface area is 157 Å². The summed E-state index contributed by atoms with van der Waals surface area (Å²) in [6.45, 7) is 16.9. The van der Waals surface area contributed by atoms with Crippen LogP contribution in [0, 0.1) is 0 Å². The van der Waals surface area contributed by atoms with Crippen molar-refractivity contribution in [2.45, 2.75) is 27.7 Å². The molecular formula is C20H32N6. The molecule has 0 aliphatic carbocycles. The van der Waals surface area contributed by atoms with Gasteiger partial charge in [-0.25, -0.2) is 9.98 Å². The van der Waals surface area contributed by atoms with Crippen molar-refractivity contribution in [3.05, 3.63) is 24.3 Å². The second-order valence-electron chi connectivity index (χ2n) is 6.63. The van der Waals surface area contributed by atoms with E-state index in [9.17, 15) is 0 Å². The normalized spacial score (nSPS) is 17.5. The van der Waals surface area contributed by atoms with Crippen LogP contribution in [0.15, 0.2) is 34.3 Å². The minimum atomic E-state index is 0.952. The van der Waals surface area contributed by atoms with Crippen LogP contribution in [0.3, 0.4) is 0 Å². The summed E-state index contributed by atoms with van der Waals surface area (Å²) in [6.07, 6.45) is 0. The first kappa shape index (κ1) is 18.5. The van der Waals surface area contributed by atoms with Crippen molar-refractivity contribution in [1.29, 1.82) is 0 Å². The third-order valence-electron chi connectivity index (χ3n) is 5.26. The van der Waals surface area contributed by atoms with Gasteiger partial charge in [-0.05, 0) is 39.8 Å². The number of para-hydroxylation sites is 2. The molecule has 6 heteroatoms. The molecule has 0 bridgehead atoms. The largest absolute Gasteiger partial charge is 0.341 e. The van der Waals surface area contributed by atoms with Crippen LogP contribution < -0.4 is 0 Å². The summed E-state index contributed by atoms with van der Waals surface area (Å²) in [5.41, 5.74) is 1.90. The van der Waals surface area contributed by atoms with Crippen LogP contribution in [-0.2, 0) is 0 Å². The number of rotatable bonds is 6. The number of hydrogen-bond acceptors (Lipinski definition) is 2. The van der Waals surface area contributed by atoms with E-state index >= 15 is 0 Å². The molecule has 0 radical (unpaired) electrons. The van der Waals surface area contributed by atoms with Gasteiger partial charge in [-0.15, -0.1) is 0 Å². The molecule has 3 rings (SSSR count). The second kappa shape index (κ2) is 8.43. The highest BCUT2D eigenvalue weighted by molar-refractivity contribution is 5.89. The molecule has 1 aromatic rings. The maximum Gasteiger partial charge on any atom is 0.202 e. The molecule has 0 unspecified atom stereocenters. The van der Waals surface area contributed by atoms with Gasteiger partial charge in [0.2, 0.25) is 11.9 Å². The maximum atomic E-state index is 5.03. The van der Waals surface area contributed by atoms with Crippen LogP contribution in [0.1, 0.15) is 27.7 Å². The Hall–Kier alpha value is -2.24. The molecule has 0 saturated carbocycles. The summed E-state index contributed by atoms with van der Waals surface area (Å²) >= 11 is 0. The van der Waals surface area contributed by atoms with E-state index in [1.54, 1.807) is 0 Å². The number of aliphatic imine (C=N–C) groups is 2. The van der Waals surface area contributed by atoms with Gasteiger partial charge in [0.1, 0.15) is 0 Å². The van der Waals surface area contributed by atoms with Gasteiger partial charge in [0.15, 0.2) is 0 Å². The van der Waals surface area contributed by atoms with E-state index in [0.29, 0.717) is 0 Å². The van der Waals surface area contributed by atoms with Gasteiger partial charge >= 0.3 is 0 Å². The summed E-state index contributed by atoms with van der Waals surface area (Å²) in [5.74, 6) is 2.16. The lowest BCUT2D eigenvalue weighted by Gasteiger charge is -2.22. The van der Waals surface area contributed by atoms with E-state index < -0.39 is 0 Å².